The maximum atomic E-state index is 13.1. The third-order valence-corrected chi connectivity index (χ3v) is 6.64. The van der Waals surface area contributed by atoms with Gasteiger partial charge in [-0.05, 0) is 48.2 Å². The van der Waals surface area contributed by atoms with E-state index in [1.807, 2.05) is 12.1 Å². The Kier molecular flexibility index (Phi) is 4.98. The van der Waals surface area contributed by atoms with E-state index in [1.165, 1.54) is 11.3 Å². The minimum absolute atomic E-state index is 0.130. The van der Waals surface area contributed by atoms with Crippen LogP contribution in [0.5, 0.6) is 0 Å². The number of nitrogens with two attached hydrogens (primary N) is 1. The topological polar surface area (TPSA) is 95.7 Å². The Labute approximate surface area is 181 Å². The van der Waals surface area contributed by atoms with Crippen LogP contribution in [-0.2, 0) is 22.7 Å². The van der Waals surface area contributed by atoms with E-state index < -0.39 is 6.04 Å². The standard InChI is InChI=1S/C24H26N4O3/c25-10-9-17-13-27(20-4-2-1-3-18(17)20)12-15-5-6-16-14-28(24(31)19(16)11-15)21-7-8-22(29)26-23(21)30/h1-6,11,17,21H,7-10,12-14,25H2,(H,26,29,30). The van der Waals surface area contributed by atoms with E-state index in [4.69, 9.17) is 5.73 Å². The van der Waals surface area contributed by atoms with Crippen LogP contribution >= 0.6 is 0 Å². The maximum absolute atomic E-state index is 13.1. The number of para-hydroxylation sites is 1. The molecule has 3 heterocycles. The Morgan fingerprint density at radius 2 is 1.94 bits per heavy atom. The van der Waals surface area contributed by atoms with Crippen molar-refractivity contribution < 1.29 is 14.4 Å². The van der Waals surface area contributed by atoms with E-state index in [1.54, 1.807) is 4.90 Å². The average molecular weight is 418 g/mol. The van der Waals surface area contributed by atoms with E-state index in [9.17, 15) is 14.4 Å². The lowest BCUT2D eigenvalue weighted by atomic mass is 9.98. The fraction of sp³-hybridized carbons (Fsp3) is 0.375. The van der Waals surface area contributed by atoms with E-state index >= 15 is 0 Å². The van der Waals surface area contributed by atoms with Gasteiger partial charge in [0.25, 0.3) is 5.91 Å². The van der Waals surface area contributed by atoms with Crippen molar-refractivity contribution in [2.24, 2.45) is 5.73 Å². The molecule has 3 N–H and O–H groups in total. The lowest BCUT2D eigenvalue weighted by molar-refractivity contribution is -0.136. The molecular weight excluding hydrogens is 392 g/mol. The number of amides is 3. The van der Waals surface area contributed by atoms with Crippen molar-refractivity contribution in [3.8, 4) is 0 Å². The molecular formula is C24H26N4O3. The Bertz CT molecular complexity index is 1070. The molecule has 7 heteroatoms. The molecule has 3 amide bonds. The monoisotopic (exact) mass is 418 g/mol. The van der Waals surface area contributed by atoms with Crippen LogP contribution in [0.4, 0.5) is 5.69 Å². The van der Waals surface area contributed by atoms with Gasteiger partial charge in [-0.2, -0.15) is 0 Å². The quantitative estimate of drug-likeness (QED) is 0.723. The van der Waals surface area contributed by atoms with E-state index in [0.29, 0.717) is 31.0 Å². The number of piperidine rings is 1. The first-order valence-corrected chi connectivity index (χ1v) is 10.9. The molecule has 7 nitrogen and oxygen atoms in total. The predicted octanol–water partition coefficient (Wildman–Crippen LogP) is 1.90. The second-order valence-electron chi connectivity index (χ2n) is 8.61. The summed E-state index contributed by atoms with van der Waals surface area (Å²) in [6.07, 6.45) is 1.60. The lowest BCUT2D eigenvalue weighted by Crippen LogP contribution is -2.52. The third kappa shape index (κ3) is 3.49. The number of nitrogens with zero attached hydrogens (tertiary/aromatic N) is 2. The smallest absolute Gasteiger partial charge is 0.255 e. The Morgan fingerprint density at radius 1 is 1.10 bits per heavy atom. The fourth-order valence-corrected chi connectivity index (χ4v) is 5.10. The molecule has 0 aliphatic carbocycles. The number of rotatable bonds is 5. The molecule has 0 radical (unpaired) electrons. The van der Waals surface area contributed by atoms with Crippen molar-refractivity contribution in [1.82, 2.24) is 10.2 Å². The maximum Gasteiger partial charge on any atom is 0.255 e. The number of fused-ring (bicyclic) bond motifs is 2. The largest absolute Gasteiger partial charge is 0.366 e. The lowest BCUT2D eigenvalue weighted by Gasteiger charge is -2.29. The number of carbonyl (C=O) groups is 3. The van der Waals surface area contributed by atoms with Gasteiger partial charge < -0.3 is 15.5 Å². The molecule has 2 atom stereocenters. The molecule has 2 aromatic carbocycles. The van der Waals surface area contributed by atoms with Gasteiger partial charge in [0.05, 0.1) is 0 Å². The second-order valence-corrected chi connectivity index (χ2v) is 8.61. The SMILES string of the molecule is NCCC1CN(Cc2ccc3c(c2)C(=O)N(C2CCC(=O)NC2=O)C3)c2ccccc21. The first kappa shape index (κ1) is 19.8. The van der Waals surface area contributed by atoms with Crippen molar-refractivity contribution in [1.29, 1.82) is 0 Å². The molecule has 1 fully saturated rings. The van der Waals surface area contributed by atoms with Crippen molar-refractivity contribution in [2.75, 3.05) is 18.0 Å². The summed E-state index contributed by atoms with van der Waals surface area (Å²) in [5, 5.41) is 2.35. The Morgan fingerprint density at radius 3 is 2.74 bits per heavy atom. The number of hydrogen-bond acceptors (Lipinski definition) is 5. The molecule has 31 heavy (non-hydrogen) atoms. The molecule has 160 valence electrons. The van der Waals surface area contributed by atoms with Crippen LogP contribution in [-0.4, -0.2) is 41.8 Å². The number of carbonyl (C=O) groups excluding carboxylic acids is 3. The number of nitrogens with one attached hydrogen (secondary N) is 1. The predicted molar refractivity (Wildman–Crippen MR) is 116 cm³/mol. The van der Waals surface area contributed by atoms with Gasteiger partial charge in [0.2, 0.25) is 11.8 Å². The summed E-state index contributed by atoms with van der Waals surface area (Å²) in [5.74, 6) is -0.349. The summed E-state index contributed by atoms with van der Waals surface area (Å²) >= 11 is 0. The minimum atomic E-state index is -0.580. The summed E-state index contributed by atoms with van der Waals surface area (Å²) in [5.41, 5.74) is 11.1. The summed E-state index contributed by atoms with van der Waals surface area (Å²) in [6, 6.07) is 13.9. The van der Waals surface area contributed by atoms with Gasteiger partial charge >= 0.3 is 0 Å². The molecule has 0 saturated carbocycles. The highest BCUT2D eigenvalue weighted by atomic mass is 16.2. The Balaban J connectivity index is 1.35. The number of benzene rings is 2. The molecule has 1 saturated heterocycles. The molecule has 0 aromatic heterocycles. The van der Waals surface area contributed by atoms with Gasteiger partial charge in [-0.25, -0.2) is 0 Å². The van der Waals surface area contributed by atoms with E-state index in [-0.39, 0.29) is 24.1 Å². The van der Waals surface area contributed by atoms with Crippen LogP contribution in [0.25, 0.3) is 0 Å². The van der Waals surface area contributed by atoms with Crippen molar-refractivity contribution in [3.05, 3.63) is 64.7 Å². The highest BCUT2D eigenvalue weighted by Crippen LogP contribution is 2.39. The van der Waals surface area contributed by atoms with Gasteiger partial charge in [0.15, 0.2) is 0 Å². The van der Waals surface area contributed by atoms with Crippen molar-refractivity contribution in [3.63, 3.8) is 0 Å². The first-order chi connectivity index (χ1) is 15.0. The molecule has 2 aromatic rings. The fourth-order valence-electron chi connectivity index (χ4n) is 5.10. The van der Waals surface area contributed by atoms with Crippen LogP contribution in [0.1, 0.15) is 52.2 Å². The zero-order chi connectivity index (χ0) is 21.5. The zero-order valence-corrected chi connectivity index (χ0v) is 17.3. The molecule has 0 spiro atoms. The van der Waals surface area contributed by atoms with Crippen LogP contribution < -0.4 is 16.0 Å². The van der Waals surface area contributed by atoms with E-state index in [0.717, 1.165) is 30.6 Å². The molecule has 3 aliphatic rings. The molecule has 3 aliphatic heterocycles. The Hall–Kier alpha value is -3.19. The normalized spacial score (nSPS) is 22.5. The third-order valence-electron chi connectivity index (χ3n) is 6.64. The summed E-state index contributed by atoms with van der Waals surface area (Å²) in [6.45, 7) is 2.71. The summed E-state index contributed by atoms with van der Waals surface area (Å²) in [4.78, 5) is 40.7. The van der Waals surface area contributed by atoms with Gasteiger partial charge in [-0.1, -0.05) is 30.3 Å². The van der Waals surface area contributed by atoms with Crippen LogP contribution in [0.2, 0.25) is 0 Å². The van der Waals surface area contributed by atoms with Crippen LogP contribution in [0, 0.1) is 0 Å². The van der Waals surface area contributed by atoms with Crippen molar-refractivity contribution >= 4 is 23.4 Å². The van der Waals surface area contributed by atoms with Crippen LogP contribution in [0.15, 0.2) is 42.5 Å². The van der Waals surface area contributed by atoms with E-state index in [2.05, 4.69) is 40.5 Å². The highest BCUT2D eigenvalue weighted by molar-refractivity contribution is 6.05. The summed E-state index contributed by atoms with van der Waals surface area (Å²) < 4.78 is 0. The minimum Gasteiger partial charge on any atom is -0.366 e. The van der Waals surface area contributed by atoms with Gasteiger partial charge in [-0.15, -0.1) is 0 Å². The van der Waals surface area contributed by atoms with Crippen molar-refractivity contribution in [2.45, 2.75) is 44.3 Å². The average Bonchev–Trinajstić information content (AvgIpc) is 3.27. The summed E-state index contributed by atoms with van der Waals surface area (Å²) in [7, 11) is 0. The van der Waals surface area contributed by atoms with Gasteiger partial charge in [0, 0.05) is 43.2 Å². The number of anilines is 1. The number of hydrogen-bond donors (Lipinski definition) is 2. The zero-order valence-electron chi connectivity index (χ0n) is 17.3. The van der Waals surface area contributed by atoms with Gasteiger partial charge in [-0.3, -0.25) is 19.7 Å². The highest BCUT2D eigenvalue weighted by Gasteiger charge is 2.39. The van der Waals surface area contributed by atoms with Crippen LogP contribution in [0.3, 0.4) is 0 Å². The number of imide groups is 1. The second kappa shape index (κ2) is 7.81. The molecule has 2 unspecified atom stereocenters. The molecule has 0 bridgehead atoms. The first-order valence-electron chi connectivity index (χ1n) is 10.9. The molecule has 5 rings (SSSR count). The van der Waals surface area contributed by atoms with Gasteiger partial charge in [0.1, 0.15) is 6.04 Å².